The molecule has 1 atom stereocenters. The summed E-state index contributed by atoms with van der Waals surface area (Å²) in [5.74, 6) is 0.401. The Morgan fingerprint density at radius 2 is 1.93 bits per heavy atom. The van der Waals surface area contributed by atoms with E-state index in [9.17, 15) is 18.0 Å². The van der Waals surface area contributed by atoms with Gasteiger partial charge in [-0.2, -0.15) is 13.2 Å². The Hall–Kier alpha value is -1.72. The average molecular weight is 516 g/mol. The molecule has 28 heavy (non-hydrogen) atoms. The van der Waals surface area contributed by atoms with Crippen LogP contribution in [0.25, 0.3) is 0 Å². The van der Waals surface area contributed by atoms with Crippen LogP contribution in [0.3, 0.4) is 0 Å². The number of aliphatic imine (C=N–C) groups is 1. The predicted molar refractivity (Wildman–Crippen MR) is 114 cm³/mol. The third kappa shape index (κ3) is 10.6. The van der Waals surface area contributed by atoms with Crippen LogP contribution in [0.4, 0.5) is 13.2 Å². The van der Waals surface area contributed by atoms with E-state index in [1.54, 1.807) is 0 Å². The highest BCUT2D eigenvalue weighted by Gasteiger charge is 2.31. The number of ether oxygens (including phenoxy) is 1. The van der Waals surface area contributed by atoms with Crippen molar-refractivity contribution in [3.63, 3.8) is 0 Å². The lowest BCUT2D eigenvalue weighted by molar-refractivity contribution is -0.157. The second kappa shape index (κ2) is 12.7. The van der Waals surface area contributed by atoms with Crippen molar-refractivity contribution in [2.45, 2.75) is 33.1 Å². The zero-order chi connectivity index (χ0) is 20.4. The van der Waals surface area contributed by atoms with Crippen LogP contribution in [0.2, 0.25) is 0 Å². The van der Waals surface area contributed by atoms with Crippen molar-refractivity contribution in [2.24, 2.45) is 4.99 Å². The molecule has 0 saturated heterocycles. The fraction of sp³-hybridized carbons (Fsp3) is 0.556. The van der Waals surface area contributed by atoms with E-state index in [1.165, 1.54) is 0 Å². The molecule has 1 aromatic rings. The number of hydrogen-bond acceptors (Lipinski definition) is 3. The summed E-state index contributed by atoms with van der Waals surface area (Å²) < 4.78 is 42.9. The van der Waals surface area contributed by atoms with Gasteiger partial charge in [0, 0.05) is 13.6 Å². The van der Waals surface area contributed by atoms with Crippen molar-refractivity contribution in [1.29, 1.82) is 0 Å². The first-order valence-corrected chi connectivity index (χ1v) is 8.67. The van der Waals surface area contributed by atoms with Gasteiger partial charge in [0.25, 0.3) is 0 Å². The number of carbonyl (C=O) groups is 1. The molecule has 0 bridgehead atoms. The Balaban J connectivity index is 0.00000729. The van der Waals surface area contributed by atoms with Gasteiger partial charge in [-0.25, -0.2) is 4.99 Å². The number of benzene rings is 1. The maximum atomic E-state index is 12.3. The molecule has 0 aliphatic rings. The van der Waals surface area contributed by atoms with E-state index in [-0.39, 0.29) is 36.6 Å². The molecule has 6 nitrogen and oxygen atoms in total. The van der Waals surface area contributed by atoms with Gasteiger partial charge in [-0.1, -0.05) is 18.2 Å². The Morgan fingerprint density at radius 3 is 2.50 bits per heavy atom. The molecule has 0 saturated carbocycles. The average Bonchev–Trinajstić information content (AvgIpc) is 2.57. The SMILES string of the molecule is CCNC(=NCC(=O)N(C)CC(F)(F)F)NCC(C)Oc1ccccc1C.I. The van der Waals surface area contributed by atoms with E-state index < -0.39 is 18.6 Å². The minimum atomic E-state index is -4.43. The summed E-state index contributed by atoms with van der Waals surface area (Å²) in [6.07, 6.45) is -4.61. The van der Waals surface area contributed by atoms with Crippen LogP contribution in [-0.4, -0.2) is 62.3 Å². The van der Waals surface area contributed by atoms with Gasteiger partial charge in [0.15, 0.2) is 5.96 Å². The van der Waals surface area contributed by atoms with Crippen molar-refractivity contribution in [3.05, 3.63) is 29.8 Å². The van der Waals surface area contributed by atoms with E-state index in [0.717, 1.165) is 18.4 Å². The number of nitrogens with zero attached hydrogens (tertiary/aromatic N) is 2. The number of aryl methyl sites for hydroxylation is 1. The first-order valence-electron chi connectivity index (χ1n) is 8.67. The molecule has 0 radical (unpaired) electrons. The van der Waals surface area contributed by atoms with E-state index in [1.807, 2.05) is 45.0 Å². The van der Waals surface area contributed by atoms with Crippen molar-refractivity contribution < 1.29 is 22.7 Å². The molecule has 0 fully saturated rings. The number of rotatable bonds is 8. The first kappa shape index (κ1) is 26.3. The summed E-state index contributed by atoms with van der Waals surface area (Å²) in [6, 6.07) is 7.63. The minimum Gasteiger partial charge on any atom is -0.489 e. The van der Waals surface area contributed by atoms with Crippen LogP contribution in [0.1, 0.15) is 19.4 Å². The zero-order valence-electron chi connectivity index (χ0n) is 16.5. The third-order valence-electron chi connectivity index (χ3n) is 3.54. The lowest BCUT2D eigenvalue weighted by Crippen LogP contribution is -2.43. The van der Waals surface area contributed by atoms with Crippen LogP contribution >= 0.6 is 24.0 Å². The third-order valence-corrected chi connectivity index (χ3v) is 3.54. The van der Waals surface area contributed by atoms with Gasteiger partial charge in [0.1, 0.15) is 24.9 Å². The molecule has 0 aromatic heterocycles. The van der Waals surface area contributed by atoms with Crippen molar-refractivity contribution in [2.75, 3.05) is 33.2 Å². The van der Waals surface area contributed by atoms with Crippen LogP contribution in [-0.2, 0) is 4.79 Å². The minimum absolute atomic E-state index is 0. The number of hydrogen-bond donors (Lipinski definition) is 2. The number of carbonyl (C=O) groups excluding carboxylic acids is 1. The van der Waals surface area contributed by atoms with Crippen LogP contribution in [0.5, 0.6) is 5.75 Å². The molecule has 0 aliphatic heterocycles. The lowest BCUT2D eigenvalue weighted by atomic mass is 10.2. The maximum absolute atomic E-state index is 12.3. The Bertz CT molecular complexity index is 642. The van der Waals surface area contributed by atoms with Crippen LogP contribution < -0.4 is 15.4 Å². The molecule has 1 amide bonds. The Morgan fingerprint density at radius 1 is 1.29 bits per heavy atom. The first-order chi connectivity index (χ1) is 12.6. The Labute approximate surface area is 180 Å². The van der Waals surface area contributed by atoms with E-state index >= 15 is 0 Å². The summed E-state index contributed by atoms with van der Waals surface area (Å²) in [6.45, 7) is 4.96. The van der Waals surface area contributed by atoms with Gasteiger partial charge in [0.05, 0.1) is 6.54 Å². The molecule has 160 valence electrons. The molecule has 2 N–H and O–H groups in total. The van der Waals surface area contributed by atoms with E-state index in [0.29, 0.717) is 23.9 Å². The molecule has 10 heteroatoms. The van der Waals surface area contributed by atoms with Crippen LogP contribution in [0, 0.1) is 6.92 Å². The molecule has 0 heterocycles. The topological polar surface area (TPSA) is 66.0 Å². The number of guanidine groups is 1. The largest absolute Gasteiger partial charge is 0.489 e. The summed E-state index contributed by atoms with van der Waals surface area (Å²) in [7, 11) is 1.10. The number of likely N-dealkylation sites (N-methyl/N-ethyl adjacent to an activating group) is 1. The molecular formula is C18H28F3IN4O2. The molecule has 1 rings (SSSR count). The van der Waals surface area contributed by atoms with Gasteiger partial charge < -0.3 is 20.3 Å². The standard InChI is InChI=1S/C18H27F3N4O2.HI/c1-5-22-17(24-11-16(26)25(4)12-18(19,20)21)23-10-14(3)27-15-9-7-6-8-13(15)2;/h6-9,14H,5,10-12H2,1-4H3,(H2,22,23,24);1H. The van der Waals surface area contributed by atoms with Crippen LogP contribution in [0.15, 0.2) is 29.3 Å². The number of amides is 1. The summed E-state index contributed by atoms with van der Waals surface area (Å²) in [5.41, 5.74) is 1.02. The van der Waals surface area contributed by atoms with Gasteiger partial charge >= 0.3 is 6.18 Å². The highest BCUT2D eigenvalue weighted by molar-refractivity contribution is 14.0. The number of nitrogens with one attached hydrogen (secondary N) is 2. The zero-order valence-corrected chi connectivity index (χ0v) is 18.8. The summed E-state index contributed by atoms with van der Waals surface area (Å²) in [5, 5.41) is 5.97. The second-order valence-corrected chi connectivity index (χ2v) is 6.14. The number of para-hydroxylation sites is 1. The predicted octanol–water partition coefficient (Wildman–Crippen LogP) is 2.96. The quantitative estimate of drug-likeness (QED) is 0.317. The monoisotopic (exact) mass is 516 g/mol. The number of alkyl halides is 3. The summed E-state index contributed by atoms with van der Waals surface area (Å²) in [4.78, 5) is 16.4. The molecule has 0 spiro atoms. The normalized spacial score (nSPS) is 12.6. The summed E-state index contributed by atoms with van der Waals surface area (Å²) >= 11 is 0. The van der Waals surface area contributed by atoms with Gasteiger partial charge in [-0.3, -0.25) is 4.79 Å². The fourth-order valence-corrected chi connectivity index (χ4v) is 2.15. The van der Waals surface area contributed by atoms with Crippen molar-refractivity contribution >= 4 is 35.8 Å². The highest BCUT2D eigenvalue weighted by Crippen LogP contribution is 2.17. The Kier molecular flexibility index (Phi) is 11.9. The molecule has 0 aliphatic carbocycles. The smallest absolute Gasteiger partial charge is 0.406 e. The second-order valence-electron chi connectivity index (χ2n) is 6.14. The molecular weight excluding hydrogens is 488 g/mol. The van der Waals surface area contributed by atoms with Gasteiger partial charge in [-0.15, -0.1) is 24.0 Å². The molecule has 1 aromatic carbocycles. The van der Waals surface area contributed by atoms with Gasteiger partial charge in [0.2, 0.25) is 5.91 Å². The lowest BCUT2D eigenvalue weighted by Gasteiger charge is -2.20. The van der Waals surface area contributed by atoms with Gasteiger partial charge in [-0.05, 0) is 32.4 Å². The number of halogens is 4. The van der Waals surface area contributed by atoms with Crippen molar-refractivity contribution in [3.8, 4) is 5.75 Å². The van der Waals surface area contributed by atoms with Crippen molar-refractivity contribution in [1.82, 2.24) is 15.5 Å². The van der Waals surface area contributed by atoms with E-state index in [2.05, 4.69) is 15.6 Å². The maximum Gasteiger partial charge on any atom is 0.406 e. The van der Waals surface area contributed by atoms with E-state index in [4.69, 9.17) is 4.74 Å². The highest BCUT2D eigenvalue weighted by atomic mass is 127. The molecule has 1 unspecified atom stereocenters. The fourth-order valence-electron chi connectivity index (χ4n) is 2.15.